The van der Waals surface area contributed by atoms with Crippen molar-refractivity contribution in [3.8, 4) is 17.2 Å². The number of carbonyl (C=O) groups is 1. The lowest BCUT2D eigenvalue weighted by atomic mass is 10.2. The Morgan fingerprint density at radius 1 is 1.06 bits per heavy atom. The third-order valence-electron chi connectivity index (χ3n) is 4.48. The SMILES string of the molecule is C=CCOc1ccc(C(=O)N/N=C/c2cc(Br)c(OCc3ccc(Cl)cc3)c(Br)c2)cc1OC. The van der Waals surface area contributed by atoms with Gasteiger partial charge >= 0.3 is 0 Å². The van der Waals surface area contributed by atoms with Crippen molar-refractivity contribution in [2.45, 2.75) is 6.61 Å². The highest BCUT2D eigenvalue weighted by atomic mass is 79.9. The molecule has 0 unspecified atom stereocenters. The second-order valence-corrected chi connectivity index (χ2v) is 9.04. The molecule has 9 heteroatoms. The molecule has 176 valence electrons. The maximum absolute atomic E-state index is 12.5. The largest absolute Gasteiger partial charge is 0.493 e. The molecule has 6 nitrogen and oxygen atoms in total. The van der Waals surface area contributed by atoms with E-state index in [-0.39, 0.29) is 5.91 Å². The molecular formula is C25H21Br2ClN2O4. The second kappa shape index (κ2) is 12.6. The summed E-state index contributed by atoms with van der Waals surface area (Å²) in [6.07, 6.45) is 3.17. The van der Waals surface area contributed by atoms with Crippen molar-refractivity contribution in [1.29, 1.82) is 0 Å². The molecule has 0 aromatic heterocycles. The van der Waals surface area contributed by atoms with Gasteiger partial charge in [0.25, 0.3) is 5.91 Å². The van der Waals surface area contributed by atoms with Crippen molar-refractivity contribution < 1.29 is 19.0 Å². The van der Waals surface area contributed by atoms with Gasteiger partial charge in [0.1, 0.15) is 19.0 Å². The number of carbonyl (C=O) groups excluding carboxylic acids is 1. The third-order valence-corrected chi connectivity index (χ3v) is 5.91. The third kappa shape index (κ3) is 7.09. The van der Waals surface area contributed by atoms with Gasteiger partial charge in [-0.15, -0.1) is 0 Å². The van der Waals surface area contributed by atoms with Crippen LogP contribution in [0.2, 0.25) is 5.02 Å². The van der Waals surface area contributed by atoms with E-state index in [0.29, 0.717) is 41.0 Å². The maximum Gasteiger partial charge on any atom is 0.271 e. The Labute approximate surface area is 219 Å². The molecule has 0 saturated carbocycles. The minimum Gasteiger partial charge on any atom is -0.493 e. The summed E-state index contributed by atoms with van der Waals surface area (Å²) in [4.78, 5) is 12.5. The predicted octanol–water partition coefficient (Wildman–Crippen LogP) is 6.78. The van der Waals surface area contributed by atoms with Crippen LogP contribution in [-0.4, -0.2) is 25.8 Å². The van der Waals surface area contributed by atoms with Gasteiger partial charge in [0, 0.05) is 10.6 Å². The molecule has 3 aromatic rings. The van der Waals surface area contributed by atoms with E-state index in [4.69, 9.17) is 25.8 Å². The fourth-order valence-corrected chi connectivity index (χ4v) is 4.41. The van der Waals surface area contributed by atoms with Crippen molar-refractivity contribution in [2.24, 2.45) is 5.10 Å². The van der Waals surface area contributed by atoms with Crippen molar-refractivity contribution >= 4 is 55.6 Å². The maximum atomic E-state index is 12.5. The molecule has 0 saturated heterocycles. The number of rotatable bonds is 10. The van der Waals surface area contributed by atoms with E-state index >= 15 is 0 Å². The fourth-order valence-electron chi connectivity index (χ4n) is 2.83. The summed E-state index contributed by atoms with van der Waals surface area (Å²) in [6.45, 7) is 4.34. The number of ether oxygens (including phenoxy) is 3. The summed E-state index contributed by atoms with van der Waals surface area (Å²) in [6, 6.07) is 16.0. The normalized spacial score (nSPS) is 10.7. The van der Waals surface area contributed by atoms with Gasteiger partial charge in [-0.1, -0.05) is 36.4 Å². The molecule has 1 N–H and O–H groups in total. The second-order valence-electron chi connectivity index (χ2n) is 6.89. The summed E-state index contributed by atoms with van der Waals surface area (Å²) >= 11 is 13.0. The summed E-state index contributed by atoms with van der Waals surface area (Å²) in [5.41, 5.74) is 4.64. The first-order chi connectivity index (χ1) is 16.4. The molecule has 0 radical (unpaired) electrons. The number of nitrogens with one attached hydrogen (secondary N) is 1. The highest BCUT2D eigenvalue weighted by Gasteiger charge is 2.12. The minimum atomic E-state index is -0.383. The average molecular weight is 609 g/mol. The van der Waals surface area contributed by atoms with Gasteiger partial charge in [-0.05, 0) is 85.5 Å². The van der Waals surface area contributed by atoms with E-state index in [2.05, 4.69) is 49.0 Å². The van der Waals surface area contributed by atoms with Gasteiger partial charge in [-0.2, -0.15) is 5.10 Å². The highest BCUT2D eigenvalue weighted by molar-refractivity contribution is 9.11. The zero-order chi connectivity index (χ0) is 24.5. The average Bonchev–Trinajstić information content (AvgIpc) is 2.83. The number of methoxy groups -OCH3 is 1. The number of amides is 1. The van der Waals surface area contributed by atoms with Gasteiger partial charge in [0.2, 0.25) is 0 Å². The molecule has 0 atom stereocenters. The lowest BCUT2D eigenvalue weighted by Crippen LogP contribution is -2.17. The molecule has 34 heavy (non-hydrogen) atoms. The van der Waals surface area contributed by atoms with Gasteiger partial charge in [0.15, 0.2) is 11.5 Å². The zero-order valence-corrected chi connectivity index (χ0v) is 22.1. The Balaban J connectivity index is 1.63. The first-order valence-electron chi connectivity index (χ1n) is 10.0. The van der Waals surface area contributed by atoms with Crippen molar-refractivity contribution in [1.82, 2.24) is 5.43 Å². The molecule has 0 heterocycles. The number of hydrogen-bond donors (Lipinski definition) is 1. The fraction of sp³-hybridized carbons (Fsp3) is 0.120. The number of nitrogens with zero attached hydrogens (tertiary/aromatic N) is 1. The van der Waals surface area contributed by atoms with Crippen LogP contribution in [0.3, 0.4) is 0 Å². The molecular weight excluding hydrogens is 588 g/mol. The molecule has 3 aromatic carbocycles. The van der Waals surface area contributed by atoms with Crippen molar-refractivity contribution in [3.05, 3.63) is 97.9 Å². The minimum absolute atomic E-state index is 0.336. The topological polar surface area (TPSA) is 69.2 Å². The molecule has 3 rings (SSSR count). The number of halogens is 3. The molecule has 0 fully saturated rings. The van der Waals surface area contributed by atoms with Gasteiger partial charge in [-0.3, -0.25) is 4.79 Å². The summed E-state index contributed by atoms with van der Waals surface area (Å²) in [5.74, 6) is 1.24. The smallest absolute Gasteiger partial charge is 0.271 e. The van der Waals surface area contributed by atoms with E-state index in [1.165, 1.54) is 13.3 Å². The standard InChI is InChI=1S/C25H21Br2ClN2O4/c1-3-10-33-22-9-6-18(13-23(22)32-2)25(31)30-29-14-17-11-20(26)24(21(27)12-17)34-15-16-4-7-19(28)8-5-16/h3-9,11-14H,1,10,15H2,2H3,(H,30,31)/b29-14+. The molecule has 0 aliphatic heterocycles. The van der Waals surface area contributed by atoms with Crippen LogP contribution >= 0.6 is 43.5 Å². The first-order valence-corrected chi connectivity index (χ1v) is 12.0. The van der Waals surface area contributed by atoms with Crippen LogP contribution in [-0.2, 0) is 6.61 Å². The van der Waals surface area contributed by atoms with E-state index in [9.17, 15) is 4.79 Å². The van der Waals surface area contributed by atoms with Crippen LogP contribution in [0.25, 0.3) is 0 Å². The Kier molecular flexibility index (Phi) is 9.56. The quantitative estimate of drug-likeness (QED) is 0.157. The van der Waals surface area contributed by atoms with Crippen LogP contribution in [0, 0.1) is 0 Å². The molecule has 1 amide bonds. The summed E-state index contributed by atoms with van der Waals surface area (Å²) < 4.78 is 18.2. The van der Waals surface area contributed by atoms with E-state index in [1.54, 1.807) is 24.3 Å². The number of benzene rings is 3. The lowest BCUT2D eigenvalue weighted by molar-refractivity contribution is 0.0954. The van der Waals surface area contributed by atoms with Gasteiger partial charge in [-0.25, -0.2) is 5.43 Å². The van der Waals surface area contributed by atoms with Crippen LogP contribution in [0.15, 0.2) is 81.3 Å². The van der Waals surface area contributed by atoms with Crippen molar-refractivity contribution in [3.63, 3.8) is 0 Å². The zero-order valence-electron chi connectivity index (χ0n) is 18.2. The number of hydrazone groups is 1. The highest BCUT2D eigenvalue weighted by Crippen LogP contribution is 2.35. The van der Waals surface area contributed by atoms with Crippen LogP contribution < -0.4 is 19.6 Å². The predicted molar refractivity (Wildman–Crippen MR) is 141 cm³/mol. The number of hydrogen-bond acceptors (Lipinski definition) is 5. The van der Waals surface area contributed by atoms with Crippen LogP contribution in [0.1, 0.15) is 21.5 Å². The Bertz CT molecular complexity index is 1180. The monoisotopic (exact) mass is 606 g/mol. The van der Waals surface area contributed by atoms with Gasteiger partial charge in [0.05, 0.1) is 22.3 Å². The molecule has 0 aliphatic carbocycles. The van der Waals surface area contributed by atoms with Gasteiger partial charge < -0.3 is 14.2 Å². The van der Waals surface area contributed by atoms with E-state index in [1.807, 2.05) is 36.4 Å². The Hall–Kier alpha value is -2.81. The van der Waals surface area contributed by atoms with Crippen LogP contribution in [0.4, 0.5) is 0 Å². The molecule has 0 spiro atoms. The van der Waals surface area contributed by atoms with Crippen LogP contribution in [0.5, 0.6) is 17.2 Å². The van der Waals surface area contributed by atoms with Crippen molar-refractivity contribution in [2.75, 3.05) is 13.7 Å². The lowest BCUT2D eigenvalue weighted by Gasteiger charge is -2.11. The van der Waals surface area contributed by atoms with E-state index < -0.39 is 0 Å². The summed E-state index contributed by atoms with van der Waals surface area (Å²) in [5, 5.41) is 4.73. The molecule has 0 aliphatic rings. The summed E-state index contributed by atoms with van der Waals surface area (Å²) in [7, 11) is 1.51. The first kappa shape index (κ1) is 25.8. The van der Waals surface area contributed by atoms with E-state index in [0.717, 1.165) is 20.1 Å². The molecule has 0 bridgehead atoms. The Morgan fingerprint density at radius 3 is 2.41 bits per heavy atom. The Morgan fingerprint density at radius 2 is 1.76 bits per heavy atom.